The summed E-state index contributed by atoms with van der Waals surface area (Å²) in [5.74, 6) is -0.168. The topological polar surface area (TPSA) is 56.2 Å². The first-order valence-electron chi connectivity index (χ1n) is 7.48. The molecule has 1 aromatic heterocycles. The second-order valence-corrected chi connectivity index (χ2v) is 5.88. The van der Waals surface area contributed by atoms with Gasteiger partial charge in [-0.25, -0.2) is 4.39 Å². The van der Waals surface area contributed by atoms with Crippen molar-refractivity contribution < 1.29 is 8.81 Å². The highest BCUT2D eigenvalue weighted by Gasteiger charge is 2.18. The lowest BCUT2D eigenvalue weighted by Crippen LogP contribution is -2.12. The Labute approximate surface area is 133 Å². The van der Waals surface area contributed by atoms with Crippen molar-refractivity contribution in [1.29, 1.82) is 0 Å². The van der Waals surface area contributed by atoms with Crippen molar-refractivity contribution in [1.82, 2.24) is 0 Å². The largest absolute Gasteiger partial charge is 0.455 e. The molecule has 3 nitrogen and oxygen atoms in total. The molecule has 0 bridgehead atoms. The lowest BCUT2D eigenvalue weighted by molar-refractivity contribution is 0.584. The average molecular weight is 311 g/mol. The Morgan fingerprint density at radius 3 is 2.52 bits per heavy atom. The Kier molecular flexibility index (Phi) is 3.78. The van der Waals surface area contributed by atoms with Crippen LogP contribution in [0.1, 0.15) is 29.7 Å². The molecule has 0 saturated carbocycles. The minimum Gasteiger partial charge on any atom is -0.455 e. The fraction of sp³-hybridized carbons (Fsp3) is 0.211. The first kappa shape index (κ1) is 15.4. The van der Waals surface area contributed by atoms with E-state index in [0.717, 1.165) is 11.1 Å². The quantitative estimate of drug-likeness (QED) is 0.770. The van der Waals surface area contributed by atoms with E-state index < -0.39 is 5.82 Å². The number of hydrogen-bond donors (Lipinski definition) is 1. The number of fused-ring (bicyclic) bond motifs is 1. The van der Waals surface area contributed by atoms with Crippen molar-refractivity contribution >= 4 is 11.0 Å². The molecular weight excluding hydrogens is 293 g/mol. The highest BCUT2D eigenvalue weighted by molar-refractivity contribution is 5.84. The van der Waals surface area contributed by atoms with E-state index in [9.17, 15) is 9.18 Å². The molecule has 0 aliphatic rings. The molecular formula is C19H18FNO2. The number of rotatable bonds is 2. The standard InChI is InChI=1S/C19H18FNO2/c1-10-8-14(12(3)21)19-15(9-10)17(22)11(2)18(23-19)13-6-4-5-7-16(13)20/h4-9,12H,21H2,1-3H3. The van der Waals surface area contributed by atoms with Crippen molar-refractivity contribution in [3.05, 3.63) is 69.1 Å². The summed E-state index contributed by atoms with van der Waals surface area (Å²) in [5.41, 5.74) is 8.65. The number of aryl methyl sites for hydroxylation is 1. The molecule has 0 saturated heterocycles. The summed E-state index contributed by atoms with van der Waals surface area (Å²) >= 11 is 0. The molecule has 2 N–H and O–H groups in total. The minimum absolute atomic E-state index is 0.157. The van der Waals surface area contributed by atoms with Crippen LogP contribution in [0, 0.1) is 19.7 Å². The van der Waals surface area contributed by atoms with Crippen LogP contribution < -0.4 is 11.2 Å². The van der Waals surface area contributed by atoms with Crippen LogP contribution in [-0.2, 0) is 0 Å². The van der Waals surface area contributed by atoms with E-state index >= 15 is 0 Å². The van der Waals surface area contributed by atoms with Crippen LogP contribution in [0.3, 0.4) is 0 Å². The molecule has 1 heterocycles. The molecule has 0 fully saturated rings. The molecule has 118 valence electrons. The normalized spacial score (nSPS) is 12.6. The van der Waals surface area contributed by atoms with Gasteiger partial charge in [0.05, 0.1) is 10.9 Å². The van der Waals surface area contributed by atoms with Crippen LogP contribution in [-0.4, -0.2) is 0 Å². The van der Waals surface area contributed by atoms with E-state index in [2.05, 4.69) is 0 Å². The van der Waals surface area contributed by atoms with Crippen molar-refractivity contribution in [2.24, 2.45) is 5.73 Å². The third kappa shape index (κ3) is 2.55. The fourth-order valence-electron chi connectivity index (χ4n) is 2.81. The molecule has 0 radical (unpaired) electrons. The Morgan fingerprint density at radius 2 is 1.87 bits per heavy atom. The van der Waals surface area contributed by atoms with E-state index in [-0.39, 0.29) is 22.8 Å². The molecule has 0 aliphatic carbocycles. The second-order valence-electron chi connectivity index (χ2n) is 5.88. The smallest absolute Gasteiger partial charge is 0.196 e. The van der Waals surface area contributed by atoms with Crippen LogP contribution in [0.5, 0.6) is 0 Å². The van der Waals surface area contributed by atoms with E-state index in [0.29, 0.717) is 16.5 Å². The van der Waals surface area contributed by atoms with Gasteiger partial charge >= 0.3 is 0 Å². The third-order valence-corrected chi connectivity index (χ3v) is 4.00. The summed E-state index contributed by atoms with van der Waals surface area (Å²) in [7, 11) is 0. The summed E-state index contributed by atoms with van der Waals surface area (Å²) in [6, 6.07) is 9.65. The van der Waals surface area contributed by atoms with Gasteiger partial charge in [-0.05, 0) is 44.5 Å². The van der Waals surface area contributed by atoms with E-state index in [1.54, 1.807) is 31.2 Å². The summed E-state index contributed by atoms with van der Waals surface area (Å²) in [4.78, 5) is 12.7. The summed E-state index contributed by atoms with van der Waals surface area (Å²) in [5, 5.41) is 0.481. The predicted octanol–water partition coefficient (Wildman–Crippen LogP) is 4.24. The lowest BCUT2D eigenvalue weighted by Gasteiger charge is -2.13. The predicted molar refractivity (Wildman–Crippen MR) is 90.0 cm³/mol. The molecule has 3 aromatic rings. The summed E-state index contributed by atoms with van der Waals surface area (Å²) < 4.78 is 20.1. The van der Waals surface area contributed by atoms with Crippen LogP contribution in [0.4, 0.5) is 4.39 Å². The number of halogens is 1. The molecule has 1 atom stereocenters. The van der Waals surface area contributed by atoms with Crippen molar-refractivity contribution in [2.75, 3.05) is 0 Å². The average Bonchev–Trinajstić information content (AvgIpc) is 2.51. The maximum Gasteiger partial charge on any atom is 0.196 e. The van der Waals surface area contributed by atoms with Crippen molar-refractivity contribution in [3.8, 4) is 11.3 Å². The molecule has 3 rings (SSSR count). The first-order valence-corrected chi connectivity index (χ1v) is 7.48. The van der Waals surface area contributed by atoms with Gasteiger partial charge in [0.15, 0.2) is 5.43 Å². The van der Waals surface area contributed by atoms with Gasteiger partial charge in [0.25, 0.3) is 0 Å². The van der Waals surface area contributed by atoms with Crippen LogP contribution in [0.15, 0.2) is 45.6 Å². The Bertz CT molecular complexity index is 957. The fourth-order valence-corrected chi connectivity index (χ4v) is 2.81. The van der Waals surface area contributed by atoms with Gasteiger partial charge in [-0.2, -0.15) is 0 Å². The van der Waals surface area contributed by atoms with Gasteiger partial charge in [0.1, 0.15) is 17.2 Å². The van der Waals surface area contributed by atoms with Gasteiger partial charge in [-0.3, -0.25) is 4.79 Å². The van der Waals surface area contributed by atoms with Crippen LogP contribution in [0.2, 0.25) is 0 Å². The highest BCUT2D eigenvalue weighted by Crippen LogP contribution is 2.31. The van der Waals surface area contributed by atoms with Gasteiger partial charge < -0.3 is 10.2 Å². The minimum atomic E-state index is -0.424. The Hall–Kier alpha value is -2.46. The first-order chi connectivity index (χ1) is 10.9. The summed E-state index contributed by atoms with van der Waals surface area (Å²) in [6.07, 6.45) is 0. The van der Waals surface area contributed by atoms with Crippen LogP contribution >= 0.6 is 0 Å². The SMILES string of the molecule is Cc1cc(C(C)N)c2oc(-c3ccccc3F)c(C)c(=O)c2c1. The molecule has 4 heteroatoms. The molecule has 23 heavy (non-hydrogen) atoms. The third-order valence-electron chi connectivity index (χ3n) is 4.00. The zero-order valence-electron chi connectivity index (χ0n) is 13.3. The van der Waals surface area contributed by atoms with E-state index in [1.165, 1.54) is 6.07 Å². The zero-order valence-corrected chi connectivity index (χ0v) is 13.3. The molecule has 2 aromatic carbocycles. The number of benzene rings is 2. The number of hydrogen-bond acceptors (Lipinski definition) is 3. The van der Waals surface area contributed by atoms with Gasteiger partial charge in [0.2, 0.25) is 0 Å². The monoisotopic (exact) mass is 311 g/mol. The second kappa shape index (κ2) is 5.63. The van der Waals surface area contributed by atoms with E-state index in [1.807, 2.05) is 19.9 Å². The van der Waals surface area contributed by atoms with Gasteiger partial charge in [0, 0.05) is 17.2 Å². The molecule has 0 amide bonds. The highest BCUT2D eigenvalue weighted by atomic mass is 19.1. The van der Waals surface area contributed by atoms with Gasteiger partial charge in [-0.15, -0.1) is 0 Å². The number of nitrogens with two attached hydrogens (primary N) is 1. The molecule has 0 aliphatic heterocycles. The van der Waals surface area contributed by atoms with E-state index in [4.69, 9.17) is 10.2 Å². The maximum absolute atomic E-state index is 14.1. The Morgan fingerprint density at radius 1 is 1.17 bits per heavy atom. The van der Waals surface area contributed by atoms with Crippen LogP contribution in [0.25, 0.3) is 22.3 Å². The maximum atomic E-state index is 14.1. The zero-order chi connectivity index (χ0) is 16.7. The summed E-state index contributed by atoms with van der Waals surface area (Å²) in [6.45, 7) is 5.39. The van der Waals surface area contributed by atoms with Gasteiger partial charge in [-0.1, -0.05) is 18.2 Å². The van der Waals surface area contributed by atoms with Crippen molar-refractivity contribution in [3.63, 3.8) is 0 Å². The van der Waals surface area contributed by atoms with Crippen molar-refractivity contribution in [2.45, 2.75) is 26.8 Å². The Balaban J connectivity index is 2.45. The lowest BCUT2D eigenvalue weighted by atomic mass is 9.99. The molecule has 0 spiro atoms. The molecule has 1 unspecified atom stereocenters.